The van der Waals surface area contributed by atoms with E-state index in [4.69, 9.17) is 4.74 Å². The van der Waals surface area contributed by atoms with Crippen molar-refractivity contribution in [2.45, 2.75) is 13.3 Å². The summed E-state index contributed by atoms with van der Waals surface area (Å²) in [5.41, 5.74) is 0.577. The molecule has 0 saturated heterocycles. The number of carbonyl (C=O) groups is 1. The van der Waals surface area contributed by atoms with Crippen LogP contribution in [0, 0.1) is 0 Å². The second kappa shape index (κ2) is 6.95. The summed E-state index contributed by atoms with van der Waals surface area (Å²) in [6.07, 6.45) is 4.18. The summed E-state index contributed by atoms with van der Waals surface area (Å²) in [7, 11) is 0. The Morgan fingerprint density at radius 2 is 2.40 bits per heavy atom. The van der Waals surface area contributed by atoms with Crippen molar-refractivity contribution in [1.29, 1.82) is 0 Å². The molecule has 0 aliphatic heterocycles. The molecule has 4 nitrogen and oxygen atoms in total. The van der Waals surface area contributed by atoms with Gasteiger partial charge in [-0.25, -0.2) is 0 Å². The molecule has 0 fully saturated rings. The number of hydrogen-bond donors (Lipinski definition) is 1. The minimum atomic E-state index is -0.108. The Hall–Kier alpha value is -1.42. The third-order valence-electron chi connectivity index (χ3n) is 1.80. The van der Waals surface area contributed by atoms with Crippen LogP contribution in [0.1, 0.15) is 23.7 Å². The number of pyridine rings is 1. The van der Waals surface area contributed by atoms with Gasteiger partial charge >= 0.3 is 0 Å². The van der Waals surface area contributed by atoms with Gasteiger partial charge in [0.05, 0.1) is 12.2 Å². The standard InChI is InChI=1S/C11H16N2O2/c1-2-7-15-8-6-13-11(14)10-4-3-5-12-9-10/h3-5,9H,2,6-8H2,1H3,(H,13,14). The fourth-order valence-corrected chi connectivity index (χ4v) is 1.08. The smallest absolute Gasteiger partial charge is 0.252 e. The molecule has 0 unspecified atom stereocenters. The van der Waals surface area contributed by atoms with E-state index in [1.807, 2.05) is 6.92 Å². The monoisotopic (exact) mass is 208 g/mol. The van der Waals surface area contributed by atoms with E-state index >= 15 is 0 Å². The Morgan fingerprint density at radius 1 is 1.53 bits per heavy atom. The minimum absolute atomic E-state index is 0.108. The second-order valence-electron chi connectivity index (χ2n) is 3.11. The highest BCUT2D eigenvalue weighted by molar-refractivity contribution is 5.93. The van der Waals surface area contributed by atoms with Crippen LogP contribution in [0.4, 0.5) is 0 Å². The molecule has 15 heavy (non-hydrogen) atoms. The summed E-state index contributed by atoms with van der Waals surface area (Å²) < 4.78 is 5.24. The molecule has 1 N–H and O–H groups in total. The molecule has 0 aliphatic carbocycles. The van der Waals surface area contributed by atoms with Crippen LogP contribution in [-0.4, -0.2) is 30.6 Å². The van der Waals surface area contributed by atoms with Gasteiger partial charge < -0.3 is 10.1 Å². The molecule has 0 bridgehead atoms. The highest BCUT2D eigenvalue weighted by Crippen LogP contribution is 1.94. The van der Waals surface area contributed by atoms with Gasteiger partial charge in [0.15, 0.2) is 0 Å². The molecule has 0 spiro atoms. The molecule has 1 aromatic heterocycles. The summed E-state index contributed by atoms with van der Waals surface area (Å²) in [5.74, 6) is -0.108. The Bertz CT molecular complexity index is 288. The summed E-state index contributed by atoms with van der Waals surface area (Å²) in [6, 6.07) is 3.47. The number of rotatable bonds is 6. The van der Waals surface area contributed by atoms with Gasteiger partial charge in [0.1, 0.15) is 0 Å². The van der Waals surface area contributed by atoms with Gasteiger partial charge in [0, 0.05) is 25.5 Å². The highest BCUT2D eigenvalue weighted by atomic mass is 16.5. The van der Waals surface area contributed by atoms with Crippen molar-refractivity contribution in [2.24, 2.45) is 0 Å². The van der Waals surface area contributed by atoms with Crippen molar-refractivity contribution in [2.75, 3.05) is 19.8 Å². The lowest BCUT2D eigenvalue weighted by atomic mass is 10.3. The van der Waals surface area contributed by atoms with Crippen molar-refractivity contribution in [1.82, 2.24) is 10.3 Å². The van der Waals surface area contributed by atoms with Crippen LogP contribution in [0.5, 0.6) is 0 Å². The zero-order valence-electron chi connectivity index (χ0n) is 8.90. The zero-order chi connectivity index (χ0) is 10.9. The Morgan fingerprint density at radius 3 is 3.07 bits per heavy atom. The summed E-state index contributed by atoms with van der Waals surface area (Å²) in [6.45, 7) is 3.88. The predicted octanol–water partition coefficient (Wildman–Crippen LogP) is 1.24. The average Bonchev–Trinajstić information content (AvgIpc) is 2.30. The fraction of sp³-hybridized carbons (Fsp3) is 0.455. The van der Waals surface area contributed by atoms with Gasteiger partial charge in [-0.2, -0.15) is 0 Å². The molecule has 1 rings (SSSR count). The summed E-state index contributed by atoms with van der Waals surface area (Å²) >= 11 is 0. The quantitative estimate of drug-likeness (QED) is 0.715. The topological polar surface area (TPSA) is 51.2 Å². The Balaban J connectivity index is 2.20. The lowest BCUT2D eigenvalue weighted by Gasteiger charge is -2.05. The zero-order valence-corrected chi connectivity index (χ0v) is 8.90. The molecule has 0 saturated carbocycles. The first-order chi connectivity index (χ1) is 7.34. The van der Waals surface area contributed by atoms with Crippen molar-refractivity contribution in [3.05, 3.63) is 30.1 Å². The fourth-order valence-electron chi connectivity index (χ4n) is 1.08. The maximum atomic E-state index is 11.5. The average molecular weight is 208 g/mol. The number of hydrogen-bond acceptors (Lipinski definition) is 3. The molecule has 1 aromatic rings. The van der Waals surface area contributed by atoms with Crippen molar-refractivity contribution >= 4 is 5.91 Å². The lowest BCUT2D eigenvalue weighted by molar-refractivity contribution is 0.0915. The van der Waals surface area contributed by atoms with Gasteiger partial charge in [-0.15, -0.1) is 0 Å². The predicted molar refractivity (Wildman–Crippen MR) is 57.7 cm³/mol. The number of nitrogens with zero attached hydrogens (tertiary/aromatic N) is 1. The summed E-state index contributed by atoms with van der Waals surface area (Å²) in [5, 5.41) is 2.75. The van der Waals surface area contributed by atoms with Crippen molar-refractivity contribution in [3.8, 4) is 0 Å². The molecule has 1 amide bonds. The third-order valence-corrected chi connectivity index (χ3v) is 1.80. The molecule has 0 aromatic carbocycles. The number of nitrogens with one attached hydrogen (secondary N) is 1. The maximum Gasteiger partial charge on any atom is 0.252 e. The molecule has 4 heteroatoms. The van der Waals surface area contributed by atoms with E-state index < -0.39 is 0 Å². The van der Waals surface area contributed by atoms with E-state index in [0.717, 1.165) is 13.0 Å². The van der Waals surface area contributed by atoms with Crippen molar-refractivity contribution < 1.29 is 9.53 Å². The van der Waals surface area contributed by atoms with Crippen LogP contribution >= 0.6 is 0 Å². The largest absolute Gasteiger partial charge is 0.380 e. The van der Waals surface area contributed by atoms with Crippen LogP contribution in [-0.2, 0) is 4.74 Å². The Kier molecular flexibility index (Phi) is 5.40. The summed E-state index contributed by atoms with van der Waals surface area (Å²) in [4.78, 5) is 15.3. The van der Waals surface area contributed by atoms with Gasteiger partial charge in [0.2, 0.25) is 0 Å². The first kappa shape index (κ1) is 11.7. The molecular formula is C11H16N2O2. The van der Waals surface area contributed by atoms with E-state index in [0.29, 0.717) is 18.7 Å². The molecule has 0 radical (unpaired) electrons. The van der Waals surface area contributed by atoms with Crippen LogP contribution in [0.3, 0.4) is 0 Å². The number of aromatic nitrogens is 1. The normalized spacial score (nSPS) is 9.93. The third kappa shape index (κ3) is 4.56. The van der Waals surface area contributed by atoms with E-state index in [2.05, 4.69) is 10.3 Å². The molecular weight excluding hydrogens is 192 g/mol. The van der Waals surface area contributed by atoms with Gasteiger partial charge in [-0.1, -0.05) is 6.92 Å². The first-order valence-corrected chi connectivity index (χ1v) is 5.10. The van der Waals surface area contributed by atoms with Crippen molar-refractivity contribution in [3.63, 3.8) is 0 Å². The number of ether oxygens (including phenoxy) is 1. The van der Waals surface area contributed by atoms with Crippen LogP contribution in [0.2, 0.25) is 0 Å². The van der Waals surface area contributed by atoms with Gasteiger partial charge in [0.25, 0.3) is 5.91 Å². The number of carbonyl (C=O) groups excluding carboxylic acids is 1. The SMILES string of the molecule is CCCOCCNC(=O)c1cccnc1. The maximum absolute atomic E-state index is 11.5. The van der Waals surface area contributed by atoms with Crippen LogP contribution in [0.25, 0.3) is 0 Å². The minimum Gasteiger partial charge on any atom is -0.380 e. The first-order valence-electron chi connectivity index (χ1n) is 5.10. The van der Waals surface area contributed by atoms with Gasteiger partial charge in [-0.3, -0.25) is 9.78 Å². The second-order valence-corrected chi connectivity index (χ2v) is 3.11. The molecule has 1 heterocycles. The number of amides is 1. The van der Waals surface area contributed by atoms with Crippen LogP contribution < -0.4 is 5.32 Å². The lowest BCUT2D eigenvalue weighted by Crippen LogP contribution is -2.27. The van der Waals surface area contributed by atoms with E-state index in [-0.39, 0.29) is 5.91 Å². The van der Waals surface area contributed by atoms with E-state index in [1.54, 1.807) is 24.5 Å². The van der Waals surface area contributed by atoms with Crippen LogP contribution in [0.15, 0.2) is 24.5 Å². The van der Waals surface area contributed by atoms with E-state index in [9.17, 15) is 4.79 Å². The highest BCUT2D eigenvalue weighted by Gasteiger charge is 2.02. The molecule has 0 aliphatic rings. The Labute approximate surface area is 89.7 Å². The van der Waals surface area contributed by atoms with Gasteiger partial charge in [-0.05, 0) is 18.6 Å². The molecule has 0 atom stereocenters. The molecule has 82 valence electrons. The van der Waals surface area contributed by atoms with E-state index in [1.165, 1.54) is 0 Å².